The van der Waals surface area contributed by atoms with Crippen LogP contribution in [-0.4, -0.2) is 35.6 Å². The number of benzene rings is 1. The number of rotatable bonds is 6. The van der Waals surface area contributed by atoms with Gasteiger partial charge in [-0.15, -0.1) is 0 Å². The summed E-state index contributed by atoms with van der Waals surface area (Å²) in [5.41, 5.74) is 11.0. The second-order valence-corrected chi connectivity index (χ2v) is 6.93. The molecule has 3 N–H and O–H groups in total. The number of nitrogens with two attached hydrogens (primary N) is 1. The topological polar surface area (TPSA) is 75.0 Å². The number of carbonyl (C=O) groups is 1. The Hall–Kier alpha value is -2.40. The Labute approximate surface area is 147 Å². The number of Topliss-reactive ketones (excluding diaryl/α,β-unsaturated/α-hetero) is 1. The van der Waals surface area contributed by atoms with Crippen molar-refractivity contribution >= 4 is 23.1 Å². The first-order valence-corrected chi connectivity index (χ1v) is 9.07. The van der Waals surface area contributed by atoms with Crippen LogP contribution in [0.3, 0.4) is 0 Å². The van der Waals surface area contributed by atoms with Crippen LogP contribution in [0.4, 0.5) is 5.69 Å². The molecule has 0 amide bonds. The first-order valence-electron chi connectivity index (χ1n) is 9.07. The van der Waals surface area contributed by atoms with Gasteiger partial charge in [-0.1, -0.05) is 13.0 Å². The van der Waals surface area contributed by atoms with Gasteiger partial charge in [0.05, 0.1) is 5.69 Å². The number of aromatic amines is 1. The van der Waals surface area contributed by atoms with Crippen LogP contribution in [0.25, 0.3) is 11.6 Å². The summed E-state index contributed by atoms with van der Waals surface area (Å²) < 4.78 is 0. The quantitative estimate of drug-likeness (QED) is 0.850. The van der Waals surface area contributed by atoms with Gasteiger partial charge in [0, 0.05) is 43.0 Å². The number of aromatic nitrogens is 2. The molecule has 5 nitrogen and oxygen atoms in total. The molecule has 0 radical (unpaired) electrons. The standard InChI is InChI=1S/C20H24N4O/c1-2-8-24(9-6-21)14-4-3-13-10-18(19-5-7-22-23-19)20(25)17-12-16(17)15(13)11-14/h3-5,7,10-11,16-17H,2,6,8-9,12,21H2,1H3,(H,22,23). The number of anilines is 1. The molecule has 0 spiro atoms. The molecule has 2 aliphatic rings. The van der Waals surface area contributed by atoms with Crippen molar-refractivity contribution in [3.8, 4) is 0 Å². The number of ketones is 1. The van der Waals surface area contributed by atoms with Gasteiger partial charge in [-0.25, -0.2) is 0 Å². The lowest BCUT2D eigenvalue weighted by Gasteiger charge is -2.24. The molecule has 0 aliphatic heterocycles. The van der Waals surface area contributed by atoms with Gasteiger partial charge in [0.15, 0.2) is 5.78 Å². The van der Waals surface area contributed by atoms with E-state index in [0.717, 1.165) is 42.8 Å². The number of nitrogens with one attached hydrogen (secondary N) is 1. The fourth-order valence-electron chi connectivity index (χ4n) is 3.88. The highest BCUT2D eigenvalue weighted by Gasteiger charge is 2.47. The Balaban J connectivity index is 1.74. The van der Waals surface area contributed by atoms with E-state index in [0.29, 0.717) is 12.5 Å². The largest absolute Gasteiger partial charge is 0.370 e. The third-order valence-electron chi connectivity index (χ3n) is 5.21. The van der Waals surface area contributed by atoms with Crippen LogP contribution in [0, 0.1) is 5.92 Å². The number of allylic oxidation sites excluding steroid dienone is 1. The molecule has 130 valence electrons. The third kappa shape index (κ3) is 2.89. The molecule has 2 unspecified atom stereocenters. The van der Waals surface area contributed by atoms with Gasteiger partial charge in [-0.2, -0.15) is 5.10 Å². The number of H-pyrrole nitrogens is 1. The number of fused-ring (bicyclic) bond motifs is 3. The number of carbonyl (C=O) groups excluding carboxylic acids is 1. The van der Waals surface area contributed by atoms with Crippen molar-refractivity contribution in [2.75, 3.05) is 24.5 Å². The summed E-state index contributed by atoms with van der Waals surface area (Å²) in [6, 6.07) is 8.43. The summed E-state index contributed by atoms with van der Waals surface area (Å²) in [6.07, 6.45) is 5.75. The Morgan fingerprint density at radius 3 is 2.88 bits per heavy atom. The van der Waals surface area contributed by atoms with Crippen molar-refractivity contribution in [3.05, 3.63) is 47.3 Å². The van der Waals surface area contributed by atoms with E-state index in [2.05, 4.69) is 40.2 Å². The average Bonchev–Trinajstić information content (AvgIpc) is 3.26. The number of hydrogen-bond donors (Lipinski definition) is 2. The molecule has 0 bridgehead atoms. The molecule has 1 aromatic carbocycles. The van der Waals surface area contributed by atoms with E-state index in [1.54, 1.807) is 6.20 Å². The van der Waals surface area contributed by atoms with E-state index in [1.807, 2.05) is 12.1 Å². The van der Waals surface area contributed by atoms with Crippen molar-refractivity contribution in [1.29, 1.82) is 0 Å². The Bertz CT molecular complexity index is 803. The minimum atomic E-state index is 0.111. The molecule has 25 heavy (non-hydrogen) atoms. The predicted octanol–water partition coefficient (Wildman–Crippen LogP) is 2.81. The van der Waals surface area contributed by atoms with Gasteiger partial charge in [0.25, 0.3) is 0 Å². The molecule has 1 fully saturated rings. The Morgan fingerprint density at radius 1 is 1.28 bits per heavy atom. The predicted molar refractivity (Wildman–Crippen MR) is 100 cm³/mol. The van der Waals surface area contributed by atoms with Crippen LogP contribution in [0.15, 0.2) is 30.5 Å². The van der Waals surface area contributed by atoms with Crippen molar-refractivity contribution in [2.45, 2.75) is 25.7 Å². The van der Waals surface area contributed by atoms with Crippen LogP contribution in [0.1, 0.15) is 42.5 Å². The molecule has 2 aliphatic carbocycles. The normalized spacial score (nSPS) is 21.2. The smallest absolute Gasteiger partial charge is 0.168 e. The zero-order valence-corrected chi connectivity index (χ0v) is 14.5. The lowest BCUT2D eigenvalue weighted by atomic mass is 10.0. The lowest BCUT2D eigenvalue weighted by Crippen LogP contribution is -2.30. The minimum absolute atomic E-state index is 0.111. The van der Waals surface area contributed by atoms with Gasteiger partial charge < -0.3 is 10.6 Å². The van der Waals surface area contributed by atoms with E-state index in [4.69, 9.17) is 5.73 Å². The second-order valence-electron chi connectivity index (χ2n) is 6.93. The van der Waals surface area contributed by atoms with Crippen LogP contribution in [0.2, 0.25) is 0 Å². The molecule has 1 saturated carbocycles. The minimum Gasteiger partial charge on any atom is -0.370 e. The Kier molecular flexibility index (Phi) is 4.17. The zero-order chi connectivity index (χ0) is 17.4. The highest BCUT2D eigenvalue weighted by Crippen LogP contribution is 2.53. The molecular weight excluding hydrogens is 312 g/mol. The first kappa shape index (κ1) is 16.1. The Morgan fingerprint density at radius 2 is 2.16 bits per heavy atom. The maximum absolute atomic E-state index is 12.8. The monoisotopic (exact) mass is 336 g/mol. The lowest BCUT2D eigenvalue weighted by molar-refractivity contribution is -0.114. The summed E-state index contributed by atoms with van der Waals surface area (Å²) in [7, 11) is 0. The maximum Gasteiger partial charge on any atom is 0.168 e. The number of nitrogens with zero attached hydrogens (tertiary/aromatic N) is 2. The van der Waals surface area contributed by atoms with Crippen molar-refractivity contribution in [2.24, 2.45) is 11.7 Å². The first-order chi connectivity index (χ1) is 12.2. The molecule has 2 atom stereocenters. The molecule has 0 saturated heterocycles. The van der Waals surface area contributed by atoms with E-state index in [-0.39, 0.29) is 11.7 Å². The van der Waals surface area contributed by atoms with Crippen LogP contribution in [0.5, 0.6) is 0 Å². The van der Waals surface area contributed by atoms with E-state index in [9.17, 15) is 4.79 Å². The van der Waals surface area contributed by atoms with Crippen molar-refractivity contribution < 1.29 is 4.79 Å². The summed E-state index contributed by atoms with van der Waals surface area (Å²) in [4.78, 5) is 15.2. The van der Waals surface area contributed by atoms with Crippen molar-refractivity contribution in [1.82, 2.24) is 10.2 Å². The van der Waals surface area contributed by atoms with Crippen LogP contribution < -0.4 is 10.6 Å². The van der Waals surface area contributed by atoms with Gasteiger partial charge in [-0.3, -0.25) is 9.89 Å². The highest BCUT2D eigenvalue weighted by atomic mass is 16.1. The third-order valence-corrected chi connectivity index (χ3v) is 5.21. The van der Waals surface area contributed by atoms with E-state index in [1.165, 1.54) is 11.3 Å². The van der Waals surface area contributed by atoms with E-state index < -0.39 is 0 Å². The summed E-state index contributed by atoms with van der Waals surface area (Å²) in [5.74, 6) is 0.694. The van der Waals surface area contributed by atoms with Gasteiger partial charge >= 0.3 is 0 Å². The van der Waals surface area contributed by atoms with Crippen molar-refractivity contribution in [3.63, 3.8) is 0 Å². The van der Waals surface area contributed by atoms with Gasteiger partial charge in [-0.05, 0) is 54.2 Å². The average molecular weight is 336 g/mol. The SMILES string of the molecule is CCCN(CCN)c1ccc2c(c1)C1CC1C(=O)C(c1ccn[nH]1)=C2. The van der Waals surface area contributed by atoms with Crippen LogP contribution in [-0.2, 0) is 4.79 Å². The molecule has 5 heteroatoms. The second kappa shape index (κ2) is 6.48. The summed E-state index contributed by atoms with van der Waals surface area (Å²) in [5, 5.41) is 6.94. The number of hydrogen-bond acceptors (Lipinski definition) is 4. The fraction of sp³-hybridized carbons (Fsp3) is 0.400. The fourth-order valence-corrected chi connectivity index (χ4v) is 3.88. The highest BCUT2D eigenvalue weighted by molar-refractivity contribution is 6.27. The molecule has 2 aromatic rings. The molecule has 4 rings (SSSR count). The zero-order valence-electron chi connectivity index (χ0n) is 14.5. The molecule has 1 aromatic heterocycles. The van der Waals surface area contributed by atoms with Crippen LogP contribution >= 0.6 is 0 Å². The van der Waals surface area contributed by atoms with Gasteiger partial charge in [0.2, 0.25) is 0 Å². The summed E-state index contributed by atoms with van der Waals surface area (Å²) in [6.45, 7) is 4.68. The molecule has 1 heterocycles. The van der Waals surface area contributed by atoms with E-state index >= 15 is 0 Å². The van der Waals surface area contributed by atoms with Gasteiger partial charge in [0.1, 0.15) is 0 Å². The summed E-state index contributed by atoms with van der Waals surface area (Å²) >= 11 is 0. The molecular formula is C20H24N4O. The maximum atomic E-state index is 12.8.